The van der Waals surface area contributed by atoms with Crippen LogP contribution in [0.2, 0.25) is 0 Å². The van der Waals surface area contributed by atoms with Crippen LogP contribution in [-0.2, 0) is 41.7 Å². The Morgan fingerprint density at radius 1 is 0.718 bits per heavy atom. The summed E-state index contributed by atoms with van der Waals surface area (Å²) < 4.78 is 10.3. The number of Topliss-reactive ketones (excluding diaryl/α,β-unsaturated/α-hetero) is 1. The summed E-state index contributed by atoms with van der Waals surface area (Å²) in [5, 5.41) is 22.6. The van der Waals surface area contributed by atoms with Crippen molar-refractivity contribution in [2.75, 3.05) is 31.0 Å². The Labute approximate surface area is 239 Å². The molecule has 39 heavy (non-hydrogen) atoms. The Morgan fingerprint density at radius 2 is 1.26 bits per heavy atom. The zero-order chi connectivity index (χ0) is 27.5. The Hall–Kier alpha value is -3.35. The van der Waals surface area contributed by atoms with E-state index in [0.29, 0.717) is 18.0 Å². The topological polar surface area (TPSA) is 116 Å². The largest absolute Gasteiger partial charge is 0.497 e. The van der Waals surface area contributed by atoms with E-state index in [2.05, 4.69) is 25.7 Å². The van der Waals surface area contributed by atoms with Crippen molar-refractivity contribution in [3.8, 4) is 11.5 Å². The van der Waals surface area contributed by atoms with Gasteiger partial charge in [-0.2, -0.15) is 11.8 Å². The number of rotatable bonds is 15. The quantitative estimate of drug-likeness (QED) is 0.203. The van der Waals surface area contributed by atoms with Crippen LogP contribution in [0.5, 0.6) is 11.5 Å². The highest BCUT2D eigenvalue weighted by molar-refractivity contribution is 7.99. The van der Waals surface area contributed by atoms with Gasteiger partial charge in [0, 0.05) is 19.3 Å². The van der Waals surface area contributed by atoms with Gasteiger partial charge >= 0.3 is 0 Å². The van der Waals surface area contributed by atoms with E-state index in [0.717, 1.165) is 62.0 Å². The molecule has 0 aliphatic heterocycles. The second-order valence-electron chi connectivity index (χ2n) is 8.52. The minimum Gasteiger partial charge on any atom is -0.497 e. The smallest absolute Gasteiger partial charge is 0.230 e. The summed E-state index contributed by atoms with van der Waals surface area (Å²) >= 11 is 4.70. The standard InChI is InChI=1S/C27H29N5O4S3/c1-35-21-7-3-18(4-8-21)15-20(33)17-26-31-29-24(38-26)11-13-37-14-12-25-30-32-27(39-25)28-23(34)16-19-5-9-22(36-2)10-6-19/h3-10H,11-17H2,1-2H3,(H,28,32,34). The summed E-state index contributed by atoms with van der Waals surface area (Å²) in [6.45, 7) is 0. The summed E-state index contributed by atoms with van der Waals surface area (Å²) in [6, 6.07) is 14.9. The summed E-state index contributed by atoms with van der Waals surface area (Å²) in [5.74, 6) is 3.31. The molecule has 1 N–H and O–H groups in total. The summed E-state index contributed by atoms with van der Waals surface area (Å²) in [4.78, 5) is 24.7. The Kier molecular flexibility index (Phi) is 10.8. The number of hydrogen-bond donors (Lipinski definition) is 1. The average molecular weight is 584 g/mol. The number of ketones is 1. The van der Waals surface area contributed by atoms with E-state index in [9.17, 15) is 9.59 Å². The van der Waals surface area contributed by atoms with Crippen molar-refractivity contribution in [3.05, 3.63) is 74.7 Å². The lowest BCUT2D eigenvalue weighted by Gasteiger charge is -2.03. The molecular formula is C27H29N5O4S3. The molecule has 0 atom stereocenters. The number of carbonyl (C=O) groups excluding carboxylic acids is 2. The van der Waals surface area contributed by atoms with E-state index in [4.69, 9.17) is 9.47 Å². The molecule has 0 fully saturated rings. The van der Waals surface area contributed by atoms with Gasteiger partial charge in [0.15, 0.2) is 0 Å². The molecule has 4 rings (SSSR count). The fourth-order valence-electron chi connectivity index (χ4n) is 3.58. The predicted molar refractivity (Wildman–Crippen MR) is 155 cm³/mol. The van der Waals surface area contributed by atoms with E-state index < -0.39 is 0 Å². The number of nitrogens with one attached hydrogen (secondary N) is 1. The summed E-state index contributed by atoms with van der Waals surface area (Å²) in [7, 11) is 3.23. The first-order valence-corrected chi connectivity index (χ1v) is 15.1. The van der Waals surface area contributed by atoms with E-state index in [-0.39, 0.29) is 18.1 Å². The molecule has 0 saturated heterocycles. The fourth-order valence-corrected chi connectivity index (χ4v) is 6.35. The fraction of sp³-hybridized carbons (Fsp3) is 0.333. The molecule has 9 nitrogen and oxygen atoms in total. The number of carbonyl (C=O) groups is 2. The average Bonchev–Trinajstić information content (AvgIpc) is 3.58. The van der Waals surface area contributed by atoms with E-state index >= 15 is 0 Å². The maximum absolute atomic E-state index is 12.4. The van der Waals surface area contributed by atoms with Crippen molar-refractivity contribution in [2.24, 2.45) is 0 Å². The minimum atomic E-state index is -0.129. The molecule has 12 heteroatoms. The highest BCUT2D eigenvalue weighted by Crippen LogP contribution is 2.20. The first-order chi connectivity index (χ1) is 19.0. The zero-order valence-corrected chi connectivity index (χ0v) is 24.2. The number of ether oxygens (including phenoxy) is 2. The molecule has 2 heterocycles. The number of benzene rings is 2. The van der Waals surface area contributed by atoms with Gasteiger partial charge in [-0.1, -0.05) is 35.6 Å². The number of hydrogen-bond acceptors (Lipinski definition) is 11. The minimum absolute atomic E-state index is 0.116. The van der Waals surface area contributed by atoms with Crippen LogP contribution in [0, 0.1) is 0 Å². The summed E-state index contributed by atoms with van der Waals surface area (Å²) in [5.41, 5.74) is 1.86. The lowest BCUT2D eigenvalue weighted by atomic mass is 10.1. The first kappa shape index (κ1) is 28.7. The van der Waals surface area contributed by atoms with Crippen molar-refractivity contribution in [2.45, 2.75) is 32.1 Å². The maximum Gasteiger partial charge on any atom is 0.230 e. The van der Waals surface area contributed by atoms with Crippen molar-refractivity contribution >= 4 is 51.3 Å². The lowest BCUT2D eigenvalue weighted by molar-refractivity contribution is -0.118. The normalized spacial score (nSPS) is 10.8. The molecule has 0 radical (unpaired) electrons. The molecule has 0 unspecified atom stereocenters. The molecule has 0 saturated carbocycles. The Balaban J connectivity index is 1.11. The maximum atomic E-state index is 12.4. The number of methoxy groups -OCH3 is 2. The van der Waals surface area contributed by atoms with E-state index in [1.807, 2.05) is 48.5 Å². The third kappa shape index (κ3) is 9.41. The van der Waals surface area contributed by atoms with Gasteiger partial charge < -0.3 is 14.8 Å². The molecule has 204 valence electrons. The van der Waals surface area contributed by atoms with Crippen LogP contribution in [0.25, 0.3) is 0 Å². The third-order valence-electron chi connectivity index (χ3n) is 5.57. The molecule has 4 aromatic rings. The van der Waals surface area contributed by atoms with Gasteiger partial charge in [0.2, 0.25) is 11.0 Å². The molecule has 2 aromatic heterocycles. The Bertz CT molecular complexity index is 1250. The van der Waals surface area contributed by atoms with Crippen LogP contribution in [0.15, 0.2) is 48.5 Å². The van der Waals surface area contributed by atoms with Gasteiger partial charge in [-0.3, -0.25) is 9.59 Å². The number of aryl methyl sites for hydroxylation is 2. The zero-order valence-electron chi connectivity index (χ0n) is 21.7. The first-order valence-electron chi connectivity index (χ1n) is 12.3. The van der Waals surface area contributed by atoms with Gasteiger partial charge in [-0.15, -0.1) is 31.7 Å². The van der Waals surface area contributed by atoms with Crippen molar-refractivity contribution < 1.29 is 19.1 Å². The van der Waals surface area contributed by atoms with Gasteiger partial charge in [0.05, 0.1) is 27.1 Å². The predicted octanol–water partition coefficient (Wildman–Crippen LogP) is 4.46. The number of nitrogens with zero attached hydrogens (tertiary/aromatic N) is 4. The van der Waals surface area contributed by atoms with E-state index in [1.54, 1.807) is 26.0 Å². The molecule has 0 bridgehead atoms. The molecule has 0 aliphatic rings. The molecule has 0 aliphatic carbocycles. The highest BCUT2D eigenvalue weighted by Gasteiger charge is 2.12. The SMILES string of the molecule is COc1ccc(CC(=O)Cc2nnc(CCSCCc3nnc(NC(=O)Cc4ccc(OC)cc4)s3)s2)cc1. The second-order valence-corrected chi connectivity index (χ2v) is 11.9. The number of anilines is 1. The third-order valence-corrected chi connectivity index (χ3v) is 8.44. The van der Waals surface area contributed by atoms with Crippen LogP contribution >= 0.6 is 34.4 Å². The van der Waals surface area contributed by atoms with Crippen molar-refractivity contribution in [3.63, 3.8) is 0 Å². The highest BCUT2D eigenvalue weighted by atomic mass is 32.2. The van der Waals surface area contributed by atoms with Gasteiger partial charge in [0.1, 0.15) is 32.3 Å². The number of aromatic nitrogens is 4. The van der Waals surface area contributed by atoms with E-state index in [1.165, 1.54) is 22.7 Å². The van der Waals surface area contributed by atoms with Crippen molar-refractivity contribution in [1.82, 2.24) is 20.4 Å². The van der Waals surface area contributed by atoms with Crippen molar-refractivity contribution in [1.29, 1.82) is 0 Å². The Morgan fingerprint density at radius 3 is 1.87 bits per heavy atom. The molecule has 1 amide bonds. The molecular weight excluding hydrogens is 555 g/mol. The molecule has 0 spiro atoms. The van der Waals surface area contributed by atoms with Gasteiger partial charge in [-0.05, 0) is 46.9 Å². The summed E-state index contributed by atoms with van der Waals surface area (Å²) in [6.07, 6.45) is 2.51. The van der Waals surface area contributed by atoms with Crippen LogP contribution in [0.1, 0.15) is 26.1 Å². The van der Waals surface area contributed by atoms with Crippen LogP contribution in [0.3, 0.4) is 0 Å². The monoisotopic (exact) mass is 583 g/mol. The van der Waals surface area contributed by atoms with Gasteiger partial charge in [0.25, 0.3) is 0 Å². The van der Waals surface area contributed by atoms with Crippen LogP contribution in [0.4, 0.5) is 5.13 Å². The number of amides is 1. The number of thioether (sulfide) groups is 1. The lowest BCUT2D eigenvalue weighted by Crippen LogP contribution is -2.14. The van der Waals surface area contributed by atoms with Crippen LogP contribution < -0.4 is 14.8 Å². The molecule has 2 aromatic carbocycles. The van der Waals surface area contributed by atoms with Gasteiger partial charge in [-0.25, -0.2) is 0 Å². The second kappa shape index (κ2) is 14.7. The van der Waals surface area contributed by atoms with Crippen LogP contribution in [-0.4, -0.2) is 57.8 Å².